The van der Waals surface area contributed by atoms with Crippen LogP contribution in [0.2, 0.25) is 0 Å². The minimum absolute atomic E-state index is 0.0370. The summed E-state index contributed by atoms with van der Waals surface area (Å²) in [6.45, 7) is -0.521. The second kappa shape index (κ2) is 10.9. The summed E-state index contributed by atoms with van der Waals surface area (Å²) in [5, 5.41) is 6.09. The summed E-state index contributed by atoms with van der Waals surface area (Å²) in [4.78, 5) is 12.9. The number of carbonyl (C=O) groups is 1. The van der Waals surface area contributed by atoms with E-state index >= 15 is 0 Å². The van der Waals surface area contributed by atoms with Crippen molar-refractivity contribution in [3.05, 3.63) is 96.6 Å². The molecule has 184 valence electrons. The zero-order valence-electron chi connectivity index (χ0n) is 19.8. The fourth-order valence-corrected chi connectivity index (χ4v) is 5.17. The molecule has 0 spiro atoms. The van der Waals surface area contributed by atoms with Gasteiger partial charge in [0.2, 0.25) is 0 Å². The minimum Gasteiger partial charge on any atom is -0.497 e. The molecule has 0 heterocycles. The number of anilines is 1. The Kier molecular flexibility index (Phi) is 7.50. The molecular formula is C27H25N3O5S. The van der Waals surface area contributed by atoms with Gasteiger partial charge in [0.1, 0.15) is 18.0 Å². The van der Waals surface area contributed by atoms with E-state index < -0.39 is 22.5 Å². The van der Waals surface area contributed by atoms with Crippen LogP contribution in [0.5, 0.6) is 11.5 Å². The second-order valence-corrected chi connectivity index (χ2v) is 9.59. The van der Waals surface area contributed by atoms with E-state index in [1.807, 2.05) is 42.5 Å². The fourth-order valence-electron chi connectivity index (χ4n) is 3.71. The minimum atomic E-state index is -4.11. The summed E-state index contributed by atoms with van der Waals surface area (Å²) in [7, 11) is -1.20. The first-order chi connectivity index (χ1) is 17.4. The van der Waals surface area contributed by atoms with E-state index in [1.54, 1.807) is 30.3 Å². The van der Waals surface area contributed by atoms with Gasteiger partial charge in [-0.25, -0.2) is 13.8 Å². The highest BCUT2D eigenvalue weighted by Gasteiger charge is 2.29. The summed E-state index contributed by atoms with van der Waals surface area (Å²) in [6, 6.07) is 26.1. The highest BCUT2D eigenvalue weighted by molar-refractivity contribution is 7.92. The molecule has 0 atom stereocenters. The Balaban J connectivity index is 1.63. The maximum absolute atomic E-state index is 13.6. The van der Waals surface area contributed by atoms with Crippen LogP contribution in [0.15, 0.2) is 101 Å². The van der Waals surface area contributed by atoms with Crippen molar-refractivity contribution in [2.45, 2.75) is 4.90 Å². The molecule has 0 radical (unpaired) electrons. The lowest BCUT2D eigenvalue weighted by Crippen LogP contribution is -2.39. The van der Waals surface area contributed by atoms with Crippen LogP contribution in [-0.4, -0.2) is 41.3 Å². The molecule has 1 N–H and O–H groups in total. The highest BCUT2D eigenvalue weighted by atomic mass is 32.2. The number of fused-ring (bicyclic) bond motifs is 1. The van der Waals surface area contributed by atoms with Gasteiger partial charge in [0.15, 0.2) is 0 Å². The number of amides is 1. The average molecular weight is 504 g/mol. The predicted molar refractivity (Wildman–Crippen MR) is 140 cm³/mol. The Bertz CT molecular complexity index is 1500. The van der Waals surface area contributed by atoms with Crippen molar-refractivity contribution in [3.8, 4) is 11.5 Å². The van der Waals surface area contributed by atoms with Gasteiger partial charge in [0.25, 0.3) is 15.9 Å². The maximum Gasteiger partial charge on any atom is 0.264 e. The summed E-state index contributed by atoms with van der Waals surface area (Å²) in [5.74, 6) is 0.0987. The third-order valence-electron chi connectivity index (χ3n) is 5.49. The smallest absolute Gasteiger partial charge is 0.264 e. The average Bonchev–Trinajstić information content (AvgIpc) is 2.92. The van der Waals surface area contributed by atoms with Crippen molar-refractivity contribution in [1.29, 1.82) is 0 Å². The number of rotatable bonds is 9. The molecule has 0 fully saturated rings. The van der Waals surface area contributed by atoms with Gasteiger partial charge in [-0.05, 0) is 35.0 Å². The van der Waals surface area contributed by atoms with E-state index in [-0.39, 0.29) is 16.3 Å². The van der Waals surface area contributed by atoms with Crippen molar-refractivity contribution in [2.75, 3.05) is 25.1 Å². The molecule has 0 aliphatic heterocycles. The molecule has 0 bridgehead atoms. The van der Waals surface area contributed by atoms with E-state index in [0.29, 0.717) is 5.75 Å². The zero-order chi connectivity index (χ0) is 25.5. The van der Waals surface area contributed by atoms with Crippen LogP contribution in [-0.2, 0) is 14.8 Å². The third kappa shape index (κ3) is 5.31. The first-order valence-electron chi connectivity index (χ1n) is 11.0. The summed E-state index contributed by atoms with van der Waals surface area (Å²) in [5.41, 5.74) is 3.45. The molecule has 4 rings (SSSR count). The summed E-state index contributed by atoms with van der Waals surface area (Å²) >= 11 is 0. The molecule has 0 aliphatic rings. The Labute approximate surface area is 209 Å². The van der Waals surface area contributed by atoms with Crippen molar-refractivity contribution < 1.29 is 22.7 Å². The number of hydrogen-bond donors (Lipinski definition) is 1. The fraction of sp³-hybridized carbons (Fsp3) is 0.111. The SMILES string of the molecule is COc1ccc(N(CC(=O)N/N=C\c2cccc3ccccc23)S(=O)(=O)c2ccccc2)c(OC)c1. The van der Waals surface area contributed by atoms with E-state index in [9.17, 15) is 13.2 Å². The first kappa shape index (κ1) is 24.7. The van der Waals surface area contributed by atoms with Crippen molar-refractivity contribution in [1.82, 2.24) is 5.43 Å². The van der Waals surface area contributed by atoms with Gasteiger partial charge >= 0.3 is 0 Å². The van der Waals surface area contributed by atoms with E-state index in [2.05, 4.69) is 10.5 Å². The van der Waals surface area contributed by atoms with Crippen molar-refractivity contribution >= 4 is 38.6 Å². The predicted octanol–water partition coefficient (Wildman–Crippen LogP) is 4.20. The Morgan fingerprint density at radius 3 is 2.39 bits per heavy atom. The number of nitrogens with zero attached hydrogens (tertiary/aromatic N) is 2. The molecule has 0 saturated carbocycles. The molecule has 0 saturated heterocycles. The Morgan fingerprint density at radius 1 is 0.917 bits per heavy atom. The lowest BCUT2D eigenvalue weighted by Gasteiger charge is -2.25. The number of methoxy groups -OCH3 is 2. The molecule has 9 heteroatoms. The van der Waals surface area contributed by atoms with Gasteiger partial charge in [-0.1, -0.05) is 60.7 Å². The number of benzene rings is 4. The van der Waals surface area contributed by atoms with Gasteiger partial charge < -0.3 is 9.47 Å². The number of sulfonamides is 1. The zero-order valence-corrected chi connectivity index (χ0v) is 20.6. The summed E-state index contributed by atoms with van der Waals surface area (Å²) in [6.07, 6.45) is 1.53. The van der Waals surface area contributed by atoms with E-state index in [4.69, 9.17) is 9.47 Å². The monoisotopic (exact) mass is 503 g/mol. The van der Waals surface area contributed by atoms with Gasteiger partial charge in [0.05, 0.1) is 31.0 Å². The van der Waals surface area contributed by atoms with Gasteiger partial charge in [-0.15, -0.1) is 0 Å². The van der Waals surface area contributed by atoms with Crippen LogP contribution in [0.25, 0.3) is 10.8 Å². The van der Waals surface area contributed by atoms with Crippen LogP contribution in [0.1, 0.15) is 5.56 Å². The largest absolute Gasteiger partial charge is 0.497 e. The van der Waals surface area contributed by atoms with E-state index in [0.717, 1.165) is 20.6 Å². The number of hydrazone groups is 1. The normalized spacial score (nSPS) is 11.4. The molecule has 0 unspecified atom stereocenters. The molecule has 1 amide bonds. The molecule has 36 heavy (non-hydrogen) atoms. The molecular weight excluding hydrogens is 478 g/mol. The molecule has 8 nitrogen and oxygen atoms in total. The number of hydrogen-bond acceptors (Lipinski definition) is 6. The third-order valence-corrected chi connectivity index (χ3v) is 7.26. The lowest BCUT2D eigenvalue weighted by molar-refractivity contribution is -0.119. The molecule has 4 aromatic rings. The second-order valence-electron chi connectivity index (χ2n) is 7.72. The maximum atomic E-state index is 13.6. The Hall–Kier alpha value is -4.37. The molecule has 0 aliphatic carbocycles. The van der Waals surface area contributed by atoms with E-state index in [1.165, 1.54) is 38.6 Å². The lowest BCUT2D eigenvalue weighted by atomic mass is 10.1. The van der Waals surface area contributed by atoms with Crippen LogP contribution < -0.4 is 19.2 Å². The van der Waals surface area contributed by atoms with Crippen molar-refractivity contribution in [3.63, 3.8) is 0 Å². The van der Waals surface area contributed by atoms with Crippen LogP contribution >= 0.6 is 0 Å². The summed E-state index contributed by atoms with van der Waals surface area (Å²) < 4.78 is 38.7. The number of nitrogens with one attached hydrogen (secondary N) is 1. The molecule has 4 aromatic carbocycles. The first-order valence-corrected chi connectivity index (χ1v) is 12.5. The van der Waals surface area contributed by atoms with Crippen molar-refractivity contribution in [2.24, 2.45) is 5.10 Å². The Morgan fingerprint density at radius 2 is 1.64 bits per heavy atom. The quantitative estimate of drug-likeness (QED) is 0.273. The van der Waals surface area contributed by atoms with Gasteiger partial charge in [-0.2, -0.15) is 5.10 Å². The van der Waals surface area contributed by atoms with Crippen LogP contribution in [0.4, 0.5) is 5.69 Å². The number of carbonyl (C=O) groups excluding carboxylic acids is 1. The molecule has 0 aromatic heterocycles. The standard InChI is InChI=1S/C27H25N3O5S/c1-34-22-15-16-25(26(17-22)35-2)30(36(32,33)23-12-4-3-5-13-23)19-27(31)29-28-18-21-11-8-10-20-9-6-7-14-24(20)21/h3-18H,19H2,1-2H3,(H,29,31)/b28-18-. The number of ether oxygens (including phenoxy) is 2. The highest BCUT2D eigenvalue weighted by Crippen LogP contribution is 2.35. The van der Waals surface area contributed by atoms with Crippen LogP contribution in [0.3, 0.4) is 0 Å². The topological polar surface area (TPSA) is 97.3 Å². The van der Waals surface area contributed by atoms with Crippen LogP contribution in [0, 0.1) is 0 Å². The van der Waals surface area contributed by atoms with Gasteiger partial charge in [-0.3, -0.25) is 9.10 Å². The van der Waals surface area contributed by atoms with Gasteiger partial charge in [0, 0.05) is 11.6 Å².